The number of unbranched alkanes of at least 4 members (excludes halogenated alkanes) is 17. The van der Waals surface area contributed by atoms with E-state index in [0.717, 1.165) is 70.6 Å². The largest absolute Gasteiger partial charge is 0.480 e. The van der Waals surface area contributed by atoms with Crippen molar-refractivity contribution in [3.05, 3.63) is 72.9 Å². The highest BCUT2D eigenvalue weighted by molar-refractivity contribution is 7.47. The smallest absolute Gasteiger partial charge is 0.472 e. The molecule has 0 amide bonds. The Morgan fingerprint density at radius 2 is 1.03 bits per heavy atom. The minimum Gasteiger partial charge on any atom is -0.480 e. The van der Waals surface area contributed by atoms with Gasteiger partial charge in [0.15, 0.2) is 6.10 Å². The van der Waals surface area contributed by atoms with Gasteiger partial charge in [-0.05, 0) is 64.2 Å². The van der Waals surface area contributed by atoms with Crippen LogP contribution in [0.2, 0.25) is 0 Å². The van der Waals surface area contributed by atoms with Gasteiger partial charge in [0.05, 0.1) is 13.2 Å². The first-order valence-electron chi connectivity index (χ1n) is 22.0. The third-order valence-electron chi connectivity index (χ3n) is 9.03. The topological polar surface area (TPSA) is 172 Å². The summed E-state index contributed by atoms with van der Waals surface area (Å²) >= 11 is 0. The standard InChI is InChI=1S/C46H78NO10P/c1-3-5-7-9-11-13-15-17-19-20-21-22-24-26-28-30-32-34-36-38-45(49)57-42(40-55-58(52,53)56-41-43(47)46(50)51)39-54-44(48)37-35-33-31-29-27-25-23-18-16-14-12-10-8-6-4-2/h6,8,10-14,16-19,23,42-43H,3-5,7,9,15,20-22,24-41,47H2,1-2H3,(H,50,51)(H,52,53)/b8-6+,12-10+,13-11+,16-14+,19-17+,23-18+/t42-,43+/m1/s1. The second-order valence-electron chi connectivity index (χ2n) is 14.5. The lowest BCUT2D eigenvalue weighted by Crippen LogP contribution is -2.34. The molecule has 0 aliphatic heterocycles. The van der Waals surface area contributed by atoms with Crippen LogP contribution >= 0.6 is 7.82 Å². The van der Waals surface area contributed by atoms with Crippen LogP contribution in [0.25, 0.3) is 0 Å². The zero-order chi connectivity index (χ0) is 42.8. The van der Waals surface area contributed by atoms with E-state index in [0.29, 0.717) is 12.8 Å². The molecule has 0 aromatic heterocycles. The van der Waals surface area contributed by atoms with E-state index in [2.05, 4.69) is 54.8 Å². The summed E-state index contributed by atoms with van der Waals surface area (Å²) in [4.78, 5) is 46.0. The van der Waals surface area contributed by atoms with Crippen molar-refractivity contribution < 1.29 is 47.5 Å². The number of ether oxygens (including phenoxy) is 2. The number of hydrogen-bond donors (Lipinski definition) is 3. The zero-order valence-corrected chi connectivity index (χ0v) is 36.8. The van der Waals surface area contributed by atoms with Gasteiger partial charge in [0, 0.05) is 12.8 Å². The summed E-state index contributed by atoms with van der Waals surface area (Å²) in [6.45, 7) is 2.60. The van der Waals surface area contributed by atoms with E-state index in [1.165, 1.54) is 57.8 Å². The lowest BCUT2D eigenvalue weighted by Gasteiger charge is -2.20. The number of carboxylic acid groups (broad SMARTS) is 1. The average molecular weight is 836 g/mol. The van der Waals surface area contributed by atoms with E-state index in [1.807, 2.05) is 36.5 Å². The first-order chi connectivity index (χ1) is 28.1. The maximum absolute atomic E-state index is 12.6. The van der Waals surface area contributed by atoms with Crippen molar-refractivity contribution in [2.45, 2.75) is 180 Å². The lowest BCUT2D eigenvalue weighted by atomic mass is 10.1. The second-order valence-corrected chi connectivity index (χ2v) is 16.0. The minimum atomic E-state index is -4.73. The van der Waals surface area contributed by atoms with E-state index in [9.17, 15) is 23.8 Å². The number of hydrogen-bond acceptors (Lipinski definition) is 9. The molecule has 0 saturated carbocycles. The van der Waals surface area contributed by atoms with Crippen molar-refractivity contribution in [3.63, 3.8) is 0 Å². The fourth-order valence-electron chi connectivity index (χ4n) is 5.58. The summed E-state index contributed by atoms with van der Waals surface area (Å²) in [5.74, 6) is -2.42. The maximum atomic E-state index is 12.6. The Morgan fingerprint density at radius 3 is 1.59 bits per heavy atom. The molecule has 1 unspecified atom stereocenters. The summed E-state index contributed by atoms with van der Waals surface area (Å²) in [5, 5.41) is 8.89. The van der Waals surface area contributed by atoms with Crippen LogP contribution in [0, 0.1) is 0 Å². The number of allylic oxidation sites excluding steroid dienone is 12. The summed E-state index contributed by atoms with van der Waals surface area (Å²) < 4.78 is 32.7. The van der Waals surface area contributed by atoms with Crippen LogP contribution < -0.4 is 5.73 Å². The molecule has 58 heavy (non-hydrogen) atoms. The fraction of sp³-hybridized carbons (Fsp3) is 0.674. The van der Waals surface area contributed by atoms with Crippen LogP contribution in [0.3, 0.4) is 0 Å². The van der Waals surface area contributed by atoms with Crippen molar-refractivity contribution in [1.29, 1.82) is 0 Å². The molecular weight excluding hydrogens is 757 g/mol. The van der Waals surface area contributed by atoms with Crippen molar-refractivity contribution in [1.82, 2.24) is 0 Å². The predicted molar refractivity (Wildman–Crippen MR) is 235 cm³/mol. The molecule has 0 rings (SSSR count). The molecule has 3 atom stereocenters. The number of carbonyl (C=O) groups excluding carboxylic acids is 2. The van der Waals surface area contributed by atoms with Crippen molar-refractivity contribution in [3.8, 4) is 0 Å². The molecule has 0 aliphatic rings. The number of carbonyl (C=O) groups is 3. The molecule has 0 radical (unpaired) electrons. The Balaban J connectivity index is 4.39. The molecule has 12 heteroatoms. The average Bonchev–Trinajstić information content (AvgIpc) is 3.20. The third kappa shape index (κ3) is 39.7. The van der Waals surface area contributed by atoms with Gasteiger partial charge >= 0.3 is 25.7 Å². The Hall–Kier alpha value is -3.08. The number of nitrogens with two attached hydrogens (primary N) is 1. The van der Waals surface area contributed by atoms with Crippen molar-refractivity contribution in [2.75, 3.05) is 19.8 Å². The van der Waals surface area contributed by atoms with Crippen molar-refractivity contribution in [2.24, 2.45) is 5.73 Å². The quantitative estimate of drug-likeness (QED) is 0.0176. The molecule has 332 valence electrons. The van der Waals surface area contributed by atoms with Gasteiger partial charge in [-0.3, -0.25) is 23.4 Å². The SMILES string of the molecule is CC/C=C/C=C/C=C/C=C/CCCCCCCC(=O)OC[C@H](COP(=O)(O)OC[C@H](N)C(=O)O)OC(=O)CCCCCCCCCCC/C=C/C/C=C/CCCCC. The van der Waals surface area contributed by atoms with E-state index < -0.39 is 51.1 Å². The summed E-state index contributed by atoms with van der Waals surface area (Å²) in [6, 6.07) is -1.53. The Labute approximate surface area is 350 Å². The maximum Gasteiger partial charge on any atom is 0.472 e. The summed E-state index contributed by atoms with van der Waals surface area (Å²) in [5.41, 5.74) is 5.33. The molecular formula is C46H78NO10P. The number of esters is 2. The van der Waals surface area contributed by atoms with E-state index >= 15 is 0 Å². The first kappa shape index (κ1) is 54.9. The van der Waals surface area contributed by atoms with Gasteiger partial charge in [-0.25, -0.2) is 4.57 Å². The van der Waals surface area contributed by atoms with Crippen molar-refractivity contribution >= 4 is 25.7 Å². The predicted octanol–water partition coefficient (Wildman–Crippen LogP) is 11.7. The van der Waals surface area contributed by atoms with Crippen LogP contribution in [0.5, 0.6) is 0 Å². The second kappa shape index (κ2) is 40.7. The normalized spacial score (nSPS) is 14.4. The number of rotatable bonds is 40. The molecule has 4 N–H and O–H groups in total. The minimum absolute atomic E-state index is 0.147. The highest BCUT2D eigenvalue weighted by atomic mass is 31.2. The van der Waals surface area contributed by atoms with Gasteiger partial charge in [0.1, 0.15) is 12.6 Å². The number of phosphoric acid groups is 1. The molecule has 0 aromatic carbocycles. The van der Waals surface area contributed by atoms with Gasteiger partial charge in [-0.15, -0.1) is 0 Å². The number of aliphatic carboxylic acids is 1. The zero-order valence-electron chi connectivity index (χ0n) is 35.9. The molecule has 0 aliphatic carbocycles. The monoisotopic (exact) mass is 836 g/mol. The van der Waals surface area contributed by atoms with Crippen LogP contribution in [0.15, 0.2) is 72.9 Å². The van der Waals surface area contributed by atoms with E-state index in [1.54, 1.807) is 0 Å². The Morgan fingerprint density at radius 1 is 0.569 bits per heavy atom. The summed E-state index contributed by atoms with van der Waals surface area (Å²) in [7, 11) is -4.73. The van der Waals surface area contributed by atoms with Crippen LogP contribution in [0.4, 0.5) is 0 Å². The fourth-order valence-corrected chi connectivity index (χ4v) is 6.35. The van der Waals surface area contributed by atoms with Crippen LogP contribution in [0.1, 0.15) is 168 Å². The molecule has 11 nitrogen and oxygen atoms in total. The molecule has 0 saturated heterocycles. The number of phosphoric ester groups is 1. The van der Waals surface area contributed by atoms with Gasteiger partial charge in [0.25, 0.3) is 0 Å². The number of carboxylic acids is 1. The highest BCUT2D eigenvalue weighted by Gasteiger charge is 2.28. The van der Waals surface area contributed by atoms with Gasteiger partial charge in [-0.2, -0.15) is 0 Å². The van der Waals surface area contributed by atoms with Crippen LogP contribution in [-0.4, -0.2) is 59.9 Å². The Bertz CT molecular complexity index is 1260. The van der Waals surface area contributed by atoms with Gasteiger partial charge < -0.3 is 25.2 Å². The highest BCUT2D eigenvalue weighted by Crippen LogP contribution is 2.43. The first-order valence-corrected chi connectivity index (χ1v) is 23.5. The van der Waals surface area contributed by atoms with Crippen LogP contribution in [-0.2, 0) is 37.5 Å². The van der Waals surface area contributed by atoms with Gasteiger partial charge in [-0.1, -0.05) is 164 Å². The molecule has 0 fully saturated rings. The summed E-state index contributed by atoms with van der Waals surface area (Å²) in [6.07, 6.45) is 48.2. The lowest BCUT2D eigenvalue weighted by molar-refractivity contribution is -0.161. The molecule has 0 heterocycles. The molecule has 0 bridgehead atoms. The third-order valence-corrected chi connectivity index (χ3v) is 9.98. The Kier molecular flexibility index (Phi) is 38.5. The van der Waals surface area contributed by atoms with E-state index in [-0.39, 0.29) is 19.4 Å². The molecule has 0 aromatic rings. The van der Waals surface area contributed by atoms with E-state index in [4.69, 9.17) is 24.8 Å². The molecule has 0 spiro atoms. The van der Waals surface area contributed by atoms with Gasteiger partial charge in [0.2, 0.25) is 0 Å².